The van der Waals surface area contributed by atoms with E-state index in [4.69, 9.17) is 10.5 Å². The number of nitrogens with one attached hydrogen (secondary N) is 1. The van der Waals surface area contributed by atoms with E-state index in [0.29, 0.717) is 23.1 Å². The van der Waals surface area contributed by atoms with Crippen LogP contribution < -0.4 is 11.1 Å². The van der Waals surface area contributed by atoms with Gasteiger partial charge in [-0.1, -0.05) is 0 Å². The van der Waals surface area contributed by atoms with Crippen LogP contribution in [0.4, 0.5) is 9.93 Å². The van der Waals surface area contributed by atoms with Gasteiger partial charge in [-0.05, 0) is 26.8 Å². The second-order valence-corrected chi connectivity index (χ2v) is 5.94. The standard InChI is InChI=1S/C12H16N4O2S/c1-12(2,3)18-11(17)16-10-15-9(6-19-10)8-4-7(13)5-14-8/h4,6H,5,13H2,1-3H3,(H,15,16,17). The molecule has 3 N–H and O–H groups in total. The van der Waals surface area contributed by atoms with Crippen LogP contribution in [0.1, 0.15) is 26.5 Å². The predicted molar refractivity (Wildman–Crippen MR) is 75.6 cm³/mol. The van der Waals surface area contributed by atoms with Gasteiger partial charge in [-0.25, -0.2) is 9.78 Å². The largest absolute Gasteiger partial charge is 0.444 e. The van der Waals surface area contributed by atoms with Gasteiger partial charge in [-0.15, -0.1) is 11.3 Å². The molecule has 0 saturated heterocycles. The average molecular weight is 280 g/mol. The SMILES string of the molecule is CC(C)(C)OC(=O)Nc1nc(C2=NCC(N)=C2)cs1. The van der Waals surface area contributed by atoms with Crippen molar-refractivity contribution in [2.75, 3.05) is 11.9 Å². The fraction of sp³-hybridized carbons (Fsp3) is 0.417. The molecule has 0 aromatic carbocycles. The highest BCUT2D eigenvalue weighted by molar-refractivity contribution is 7.14. The van der Waals surface area contributed by atoms with Gasteiger partial charge in [-0.2, -0.15) is 0 Å². The number of thiazole rings is 1. The molecule has 0 spiro atoms. The molecule has 1 aliphatic heterocycles. The number of anilines is 1. The predicted octanol–water partition coefficient (Wildman–Crippen LogP) is 2.14. The van der Waals surface area contributed by atoms with Crippen LogP contribution in [0.25, 0.3) is 0 Å². The minimum Gasteiger partial charge on any atom is -0.444 e. The number of carbonyl (C=O) groups excluding carboxylic acids is 1. The summed E-state index contributed by atoms with van der Waals surface area (Å²) >= 11 is 1.32. The van der Waals surface area contributed by atoms with Gasteiger partial charge in [0.05, 0.1) is 12.3 Å². The minimum atomic E-state index is -0.531. The molecular formula is C12H16N4O2S. The second kappa shape index (κ2) is 5.00. The third-order valence-corrected chi connectivity index (χ3v) is 2.89. The Morgan fingerprint density at radius 1 is 1.53 bits per heavy atom. The summed E-state index contributed by atoms with van der Waals surface area (Å²) in [5.41, 5.74) is 7.28. The first-order valence-electron chi connectivity index (χ1n) is 5.80. The fourth-order valence-electron chi connectivity index (χ4n) is 1.44. The number of nitrogens with zero attached hydrogens (tertiary/aromatic N) is 2. The first-order chi connectivity index (χ1) is 8.83. The number of amides is 1. The van der Waals surface area contributed by atoms with Crippen LogP contribution in [0, 0.1) is 0 Å². The van der Waals surface area contributed by atoms with Crippen molar-refractivity contribution >= 4 is 28.3 Å². The summed E-state index contributed by atoms with van der Waals surface area (Å²) in [5.74, 6) is 0. The first-order valence-corrected chi connectivity index (χ1v) is 6.68. The lowest BCUT2D eigenvalue weighted by molar-refractivity contribution is 0.0636. The topological polar surface area (TPSA) is 89.6 Å². The van der Waals surface area contributed by atoms with E-state index >= 15 is 0 Å². The Hall–Kier alpha value is -1.89. The molecule has 0 radical (unpaired) electrons. The van der Waals surface area contributed by atoms with Gasteiger partial charge in [0.2, 0.25) is 0 Å². The molecule has 0 aliphatic carbocycles. The number of aliphatic imine (C=N–C) groups is 1. The summed E-state index contributed by atoms with van der Waals surface area (Å²) in [5, 5.41) is 4.89. The van der Waals surface area contributed by atoms with Crippen LogP contribution >= 0.6 is 11.3 Å². The molecule has 6 nitrogen and oxygen atoms in total. The van der Waals surface area contributed by atoms with E-state index in [9.17, 15) is 4.79 Å². The van der Waals surface area contributed by atoms with E-state index in [1.54, 1.807) is 26.8 Å². The zero-order valence-corrected chi connectivity index (χ0v) is 11.9. The van der Waals surface area contributed by atoms with Crippen LogP contribution in [-0.4, -0.2) is 28.9 Å². The summed E-state index contributed by atoms with van der Waals surface area (Å²) in [6, 6.07) is 0. The maximum Gasteiger partial charge on any atom is 0.413 e. The normalized spacial score (nSPS) is 14.9. The molecule has 102 valence electrons. The molecule has 2 rings (SSSR count). The number of hydrogen-bond donors (Lipinski definition) is 2. The molecule has 2 heterocycles. The zero-order valence-electron chi connectivity index (χ0n) is 11.1. The Morgan fingerprint density at radius 3 is 2.84 bits per heavy atom. The van der Waals surface area contributed by atoms with Crippen molar-refractivity contribution in [1.82, 2.24) is 4.98 Å². The quantitative estimate of drug-likeness (QED) is 0.868. The Kier molecular flexibility index (Phi) is 3.57. The highest BCUT2D eigenvalue weighted by Gasteiger charge is 2.18. The van der Waals surface area contributed by atoms with Crippen LogP contribution in [0.2, 0.25) is 0 Å². The summed E-state index contributed by atoms with van der Waals surface area (Å²) in [6.07, 6.45) is 1.27. The van der Waals surface area contributed by atoms with Crippen LogP contribution in [-0.2, 0) is 4.74 Å². The van der Waals surface area contributed by atoms with Crippen molar-refractivity contribution < 1.29 is 9.53 Å². The third kappa shape index (κ3) is 3.78. The summed E-state index contributed by atoms with van der Waals surface area (Å²) in [4.78, 5) is 20.1. The molecule has 1 amide bonds. The summed E-state index contributed by atoms with van der Waals surface area (Å²) < 4.78 is 5.15. The molecular weight excluding hydrogens is 264 g/mol. The molecule has 1 aliphatic rings. The highest BCUT2D eigenvalue weighted by Crippen LogP contribution is 2.19. The van der Waals surface area contributed by atoms with E-state index in [0.717, 1.165) is 5.71 Å². The zero-order chi connectivity index (χ0) is 14.0. The number of nitrogens with two attached hydrogens (primary N) is 1. The average Bonchev–Trinajstić information content (AvgIpc) is 2.83. The number of aromatic nitrogens is 1. The molecule has 0 bridgehead atoms. The third-order valence-electron chi connectivity index (χ3n) is 2.13. The number of rotatable bonds is 2. The molecule has 19 heavy (non-hydrogen) atoms. The lowest BCUT2D eigenvalue weighted by Crippen LogP contribution is -2.27. The highest BCUT2D eigenvalue weighted by atomic mass is 32.1. The smallest absolute Gasteiger partial charge is 0.413 e. The molecule has 0 atom stereocenters. The maximum atomic E-state index is 11.6. The number of ether oxygens (including phenoxy) is 1. The molecule has 1 aromatic rings. The van der Waals surface area contributed by atoms with Crippen molar-refractivity contribution in [2.45, 2.75) is 26.4 Å². The summed E-state index contributed by atoms with van der Waals surface area (Å²) in [7, 11) is 0. The Morgan fingerprint density at radius 2 is 2.26 bits per heavy atom. The monoisotopic (exact) mass is 280 g/mol. The molecule has 7 heteroatoms. The minimum absolute atomic E-state index is 0.478. The maximum absolute atomic E-state index is 11.6. The molecule has 0 unspecified atom stereocenters. The molecule has 0 fully saturated rings. The Balaban J connectivity index is 2.00. The Labute approximate surface area is 115 Å². The molecule has 1 aromatic heterocycles. The first kappa shape index (κ1) is 13.5. The van der Waals surface area contributed by atoms with E-state index in [1.807, 2.05) is 5.38 Å². The van der Waals surface area contributed by atoms with E-state index < -0.39 is 11.7 Å². The fourth-order valence-corrected chi connectivity index (χ4v) is 2.13. The number of hydrogen-bond acceptors (Lipinski definition) is 6. The lowest BCUT2D eigenvalue weighted by atomic mass is 10.2. The van der Waals surface area contributed by atoms with Crippen molar-refractivity contribution in [2.24, 2.45) is 10.7 Å². The Bertz CT molecular complexity index is 554. The van der Waals surface area contributed by atoms with Gasteiger partial charge < -0.3 is 10.5 Å². The van der Waals surface area contributed by atoms with Gasteiger partial charge in [0, 0.05) is 11.1 Å². The second-order valence-electron chi connectivity index (χ2n) is 5.09. The van der Waals surface area contributed by atoms with Gasteiger partial charge in [0.15, 0.2) is 5.13 Å². The number of carbonyl (C=O) groups is 1. The van der Waals surface area contributed by atoms with Crippen LogP contribution in [0.3, 0.4) is 0 Å². The van der Waals surface area contributed by atoms with Crippen molar-refractivity contribution in [3.05, 3.63) is 22.8 Å². The van der Waals surface area contributed by atoms with Gasteiger partial charge in [0.25, 0.3) is 0 Å². The van der Waals surface area contributed by atoms with E-state index in [2.05, 4.69) is 15.3 Å². The lowest BCUT2D eigenvalue weighted by Gasteiger charge is -2.18. The van der Waals surface area contributed by atoms with Crippen molar-refractivity contribution in [1.29, 1.82) is 0 Å². The van der Waals surface area contributed by atoms with Crippen molar-refractivity contribution in [3.63, 3.8) is 0 Å². The van der Waals surface area contributed by atoms with Gasteiger partial charge in [-0.3, -0.25) is 10.3 Å². The molecule has 0 saturated carbocycles. The number of allylic oxidation sites excluding steroid dienone is 1. The van der Waals surface area contributed by atoms with E-state index in [-0.39, 0.29) is 0 Å². The van der Waals surface area contributed by atoms with Crippen LogP contribution in [0.5, 0.6) is 0 Å². The van der Waals surface area contributed by atoms with E-state index in [1.165, 1.54) is 11.3 Å². The van der Waals surface area contributed by atoms with Crippen molar-refractivity contribution in [3.8, 4) is 0 Å². The van der Waals surface area contributed by atoms with Gasteiger partial charge >= 0.3 is 6.09 Å². The van der Waals surface area contributed by atoms with Gasteiger partial charge in [0.1, 0.15) is 11.3 Å². The summed E-state index contributed by atoms with van der Waals surface area (Å²) in [6.45, 7) is 5.92. The van der Waals surface area contributed by atoms with Crippen LogP contribution in [0.15, 0.2) is 22.1 Å².